The van der Waals surface area contributed by atoms with Crippen LogP contribution in [0.4, 0.5) is 4.39 Å². The summed E-state index contributed by atoms with van der Waals surface area (Å²) in [6.07, 6.45) is 2.43. The lowest BCUT2D eigenvalue weighted by Crippen LogP contribution is -2.37. The summed E-state index contributed by atoms with van der Waals surface area (Å²) in [5.41, 5.74) is 0.981. The lowest BCUT2D eigenvalue weighted by Gasteiger charge is -2.28. The Morgan fingerprint density at radius 1 is 1.41 bits per heavy atom. The molecule has 1 saturated carbocycles. The quantitative estimate of drug-likeness (QED) is 0.785. The van der Waals surface area contributed by atoms with Crippen molar-refractivity contribution in [1.29, 1.82) is 0 Å². The second-order valence-electron chi connectivity index (χ2n) is 4.85. The largest absolute Gasteiger partial charge is 0.336 e. The smallest absolute Gasteiger partial charge is 0.219 e. The summed E-state index contributed by atoms with van der Waals surface area (Å²) in [4.78, 5) is 13.5. The summed E-state index contributed by atoms with van der Waals surface area (Å²) in [6, 6.07) is 6.65. The van der Waals surface area contributed by atoms with Crippen LogP contribution in [0.15, 0.2) is 24.3 Å². The van der Waals surface area contributed by atoms with E-state index < -0.39 is 0 Å². The average Bonchev–Trinajstić information content (AvgIpc) is 3.11. The molecule has 0 unspecified atom stereocenters. The van der Waals surface area contributed by atoms with E-state index in [1.807, 2.05) is 4.90 Å². The first-order chi connectivity index (χ1) is 8.08. The number of benzene rings is 1. The van der Waals surface area contributed by atoms with E-state index >= 15 is 0 Å². The molecule has 1 amide bonds. The van der Waals surface area contributed by atoms with Gasteiger partial charge in [0.05, 0.1) is 0 Å². The number of carbonyl (C=O) groups excluding carboxylic acids is 1. The van der Waals surface area contributed by atoms with Crippen LogP contribution in [0.2, 0.25) is 0 Å². The molecule has 17 heavy (non-hydrogen) atoms. The molecule has 1 atom stereocenters. The second-order valence-corrected chi connectivity index (χ2v) is 4.85. The molecule has 1 aliphatic carbocycles. The fourth-order valence-electron chi connectivity index (χ4n) is 2.16. The standard InChI is InChI=1S/C14H18FNO/c1-10(13-5-6-13)16(11(2)17)9-12-3-7-14(15)8-4-12/h3-4,7-8,10,13H,5-6,9H2,1-2H3/t10-/m0/s1. The van der Waals surface area contributed by atoms with E-state index in [4.69, 9.17) is 0 Å². The highest BCUT2D eigenvalue weighted by atomic mass is 19.1. The van der Waals surface area contributed by atoms with Gasteiger partial charge in [0.2, 0.25) is 5.91 Å². The Labute approximate surface area is 101 Å². The zero-order valence-corrected chi connectivity index (χ0v) is 10.3. The van der Waals surface area contributed by atoms with Gasteiger partial charge in [-0.25, -0.2) is 4.39 Å². The van der Waals surface area contributed by atoms with Crippen molar-refractivity contribution in [3.8, 4) is 0 Å². The van der Waals surface area contributed by atoms with Gasteiger partial charge >= 0.3 is 0 Å². The highest BCUT2D eigenvalue weighted by Crippen LogP contribution is 2.35. The molecular formula is C14H18FNO. The Bertz CT molecular complexity index is 397. The molecule has 1 aromatic carbocycles. The summed E-state index contributed by atoms with van der Waals surface area (Å²) in [5, 5.41) is 0. The van der Waals surface area contributed by atoms with Crippen molar-refractivity contribution in [2.75, 3.05) is 0 Å². The first kappa shape index (κ1) is 12.1. The molecule has 0 spiro atoms. The summed E-state index contributed by atoms with van der Waals surface area (Å²) >= 11 is 0. The number of hydrogen-bond acceptors (Lipinski definition) is 1. The fraction of sp³-hybridized carbons (Fsp3) is 0.500. The molecule has 92 valence electrons. The van der Waals surface area contributed by atoms with Gasteiger partial charge in [-0.15, -0.1) is 0 Å². The average molecular weight is 235 g/mol. The fourth-order valence-corrected chi connectivity index (χ4v) is 2.16. The highest BCUT2D eigenvalue weighted by molar-refractivity contribution is 5.73. The van der Waals surface area contributed by atoms with Crippen LogP contribution < -0.4 is 0 Å². The van der Waals surface area contributed by atoms with Crippen LogP contribution in [0.3, 0.4) is 0 Å². The van der Waals surface area contributed by atoms with Gasteiger partial charge in [0.15, 0.2) is 0 Å². The molecule has 0 aliphatic heterocycles. The molecule has 0 saturated heterocycles. The van der Waals surface area contributed by atoms with E-state index in [9.17, 15) is 9.18 Å². The van der Waals surface area contributed by atoms with Gasteiger partial charge in [0, 0.05) is 19.5 Å². The summed E-state index contributed by atoms with van der Waals surface area (Å²) in [7, 11) is 0. The maximum Gasteiger partial charge on any atom is 0.219 e. The van der Waals surface area contributed by atoms with Gasteiger partial charge in [0.25, 0.3) is 0 Å². The van der Waals surface area contributed by atoms with Crippen LogP contribution in [-0.4, -0.2) is 16.8 Å². The van der Waals surface area contributed by atoms with Crippen molar-refractivity contribution in [2.24, 2.45) is 5.92 Å². The zero-order chi connectivity index (χ0) is 12.4. The van der Waals surface area contributed by atoms with Gasteiger partial charge in [-0.2, -0.15) is 0 Å². The second kappa shape index (κ2) is 4.86. The van der Waals surface area contributed by atoms with E-state index in [2.05, 4.69) is 6.92 Å². The number of amides is 1. The number of carbonyl (C=O) groups is 1. The molecule has 0 radical (unpaired) electrons. The Morgan fingerprint density at radius 3 is 2.47 bits per heavy atom. The van der Waals surface area contributed by atoms with Gasteiger partial charge in [-0.1, -0.05) is 12.1 Å². The zero-order valence-electron chi connectivity index (χ0n) is 10.3. The normalized spacial score (nSPS) is 16.6. The molecule has 0 bridgehead atoms. The SMILES string of the molecule is CC(=O)N(Cc1ccc(F)cc1)[C@@H](C)C1CC1. The van der Waals surface area contributed by atoms with Gasteiger partial charge in [-0.3, -0.25) is 4.79 Å². The van der Waals surface area contributed by atoms with Crippen molar-refractivity contribution >= 4 is 5.91 Å². The Hall–Kier alpha value is -1.38. The predicted octanol–water partition coefficient (Wildman–Crippen LogP) is 2.97. The Balaban J connectivity index is 2.06. The lowest BCUT2D eigenvalue weighted by atomic mass is 10.1. The molecule has 2 rings (SSSR count). The molecule has 0 heterocycles. The third-order valence-electron chi connectivity index (χ3n) is 3.47. The summed E-state index contributed by atoms with van der Waals surface area (Å²) in [5.74, 6) is 0.506. The molecule has 0 N–H and O–H groups in total. The third kappa shape index (κ3) is 3.05. The molecule has 1 aliphatic rings. The number of nitrogens with zero attached hydrogens (tertiary/aromatic N) is 1. The van der Waals surface area contributed by atoms with Gasteiger partial charge in [0.1, 0.15) is 5.82 Å². The number of rotatable bonds is 4. The maximum absolute atomic E-state index is 12.8. The predicted molar refractivity (Wildman–Crippen MR) is 64.8 cm³/mol. The van der Waals surface area contributed by atoms with Crippen LogP contribution in [0.5, 0.6) is 0 Å². The molecule has 2 nitrogen and oxygen atoms in total. The lowest BCUT2D eigenvalue weighted by molar-refractivity contribution is -0.131. The number of halogens is 1. The first-order valence-corrected chi connectivity index (χ1v) is 6.09. The molecule has 3 heteroatoms. The topological polar surface area (TPSA) is 20.3 Å². The van der Waals surface area contributed by atoms with Crippen LogP contribution in [0.25, 0.3) is 0 Å². The van der Waals surface area contributed by atoms with E-state index in [0.717, 1.165) is 5.56 Å². The maximum atomic E-state index is 12.8. The molecule has 1 aromatic rings. The van der Waals surface area contributed by atoms with E-state index in [0.29, 0.717) is 12.5 Å². The van der Waals surface area contributed by atoms with Crippen molar-refractivity contribution in [2.45, 2.75) is 39.3 Å². The van der Waals surface area contributed by atoms with Crippen LogP contribution in [0.1, 0.15) is 32.3 Å². The Kier molecular flexibility index (Phi) is 3.46. The van der Waals surface area contributed by atoms with E-state index in [-0.39, 0.29) is 17.8 Å². The third-order valence-corrected chi connectivity index (χ3v) is 3.47. The summed E-state index contributed by atoms with van der Waals surface area (Å²) < 4.78 is 12.8. The Morgan fingerprint density at radius 2 is 2.00 bits per heavy atom. The first-order valence-electron chi connectivity index (χ1n) is 6.09. The molecular weight excluding hydrogens is 217 g/mol. The monoisotopic (exact) mass is 235 g/mol. The minimum atomic E-state index is -0.238. The number of hydrogen-bond donors (Lipinski definition) is 0. The van der Waals surface area contributed by atoms with Gasteiger partial charge < -0.3 is 4.90 Å². The van der Waals surface area contributed by atoms with Crippen molar-refractivity contribution in [3.05, 3.63) is 35.6 Å². The van der Waals surface area contributed by atoms with Gasteiger partial charge in [-0.05, 0) is 43.4 Å². The van der Waals surface area contributed by atoms with Crippen LogP contribution in [-0.2, 0) is 11.3 Å². The minimum absolute atomic E-state index is 0.0914. The summed E-state index contributed by atoms with van der Waals surface area (Å²) in [6.45, 7) is 4.28. The van der Waals surface area contributed by atoms with Crippen LogP contribution in [0, 0.1) is 11.7 Å². The molecule has 1 fully saturated rings. The van der Waals surface area contributed by atoms with E-state index in [1.165, 1.54) is 25.0 Å². The van der Waals surface area contributed by atoms with Crippen LogP contribution >= 0.6 is 0 Å². The highest BCUT2D eigenvalue weighted by Gasteiger charge is 2.33. The van der Waals surface area contributed by atoms with Crippen molar-refractivity contribution in [3.63, 3.8) is 0 Å². The van der Waals surface area contributed by atoms with E-state index in [1.54, 1.807) is 19.1 Å². The molecule has 0 aromatic heterocycles. The van der Waals surface area contributed by atoms with Crippen molar-refractivity contribution in [1.82, 2.24) is 4.90 Å². The van der Waals surface area contributed by atoms with Crippen molar-refractivity contribution < 1.29 is 9.18 Å². The minimum Gasteiger partial charge on any atom is -0.336 e.